The molecule has 1 N–H and O–H groups in total. The first-order valence-electron chi connectivity index (χ1n) is 9.32. The lowest BCUT2D eigenvalue weighted by molar-refractivity contribution is -0.274. The predicted octanol–water partition coefficient (Wildman–Crippen LogP) is 5.67. The van der Waals surface area contributed by atoms with Crippen LogP contribution < -0.4 is 14.8 Å². The van der Waals surface area contributed by atoms with Gasteiger partial charge in [0.05, 0.1) is 16.7 Å². The quantitative estimate of drug-likeness (QED) is 0.370. The van der Waals surface area contributed by atoms with Gasteiger partial charge in [-0.05, 0) is 42.5 Å². The number of rotatable bonds is 7. The lowest BCUT2D eigenvalue weighted by atomic mass is 10.3. The fraction of sp³-hybridized carbons (Fsp3) is 0.143. The van der Waals surface area contributed by atoms with Gasteiger partial charge in [-0.3, -0.25) is 4.98 Å². The highest BCUT2D eigenvalue weighted by Crippen LogP contribution is 2.29. The number of hydrogen-bond donors (Lipinski definition) is 1. The molecule has 0 amide bonds. The Labute approximate surface area is 179 Å². The third kappa shape index (κ3) is 4.94. The van der Waals surface area contributed by atoms with E-state index in [1.807, 2.05) is 6.07 Å². The molecule has 2 aromatic carbocycles. The summed E-state index contributed by atoms with van der Waals surface area (Å²) < 4.78 is 48.4. The number of pyridine rings is 1. The number of hydrogen-bond acceptors (Lipinski definition) is 7. The number of imidazole rings is 1. The number of fused-ring (bicyclic) bond motifs is 1. The smallest absolute Gasteiger partial charge is 0.457 e. The molecule has 0 atom stereocenters. The fourth-order valence-corrected chi connectivity index (χ4v) is 3.03. The van der Waals surface area contributed by atoms with E-state index >= 15 is 0 Å². The molecule has 0 bridgehead atoms. The van der Waals surface area contributed by atoms with Crippen molar-refractivity contribution in [2.24, 2.45) is 12.2 Å². The van der Waals surface area contributed by atoms with Gasteiger partial charge in [-0.15, -0.1) is 13.2 Å². The monoisotopic (exact) mass is 443 g/mol. The standard InChI is InChI=1S/C21H16F3N5O3/c1-29-19-7-6-16(31-17-8-9-25-14(10-17)12-26-30)11-18(19)28-20(29)27-13-2-4-15(5-3-13)32-21(22,23)24/h2-11H,12H2,1H3,(H,27,28). The van der Waals surface area contributed by atoms with Crippen LogP contribution in [0.15, 0.2) is 66.0 Å². The number of anilines is 2. The molecule has 0 radical (unpaired) electrons. The molecule has 0 aliphatic carbocycles. The predicted molar refractivity (Wildman–Crippen MR) is 111 cm³/mol. The maximum absolute atomic E-state index is 12.3. The Balaban J connectivity index is 1.52. The van der Waals surface area contributed by atoms with Gasteiger partial charge in [-0.25, -0.2) is 4.98 Å². The van der Waals surface area contributed by atoms with Gasteiger partial charge >= 0.3 is 6.36 Å². The summed E-state index contributed by atoms with van der Waals surface area (Å²) in [6, 6.07) is 14.0. The minimum Gasteiger partial charge on any atom is -0.457 e. The highest BCUT2D eigenvalue weighted by Gasteiger charge is 2.30. The van der Waals surface area contributed by atoms with E-state index in [9.17, 15) is 18.1 Å². The molecule has 0 saturated heterocycles. The summed E-state index contributed by atoms with van der Waals surface area (Å²) in [7, 11) is 1.81. The third-order valence-corrected chi connectivity index (χ3v) is 4.45. The molecule has 2 heterocycles. The largest absolute Gasteiger partial charge is 0.573 e. The molecule has 32 heavy (non-hydrogen) atoms. The molecular formula is C21H16F3N5O3. The maximum Gasteiger partial charge on any atom is 0.573 e. The number of halogens is 3. The zero-order valence-corrected chi connectivity index (χ0v) is 16.6. The average Bonchev–Trinajstić information content (AvgIpc) is 3.04. The maximum atomic E-state index is 12.3. The Kier molecular flexibility index (Phi) is 5.63. The first-order valence-corrected chi connectivity index (χ1v) is 9.32. The van der Waals surface area contributed by atoms with Gasteiger partial charge in [-0.2, -0.15) is 4.91 Å². The van der Waals surface area contributed by atoms with Crippen LogP contribution in [-0.2, 0) is 13.6 Å². The third-order valence-electron chi connectivity index (χ3n) is 4.45. The van der Waals surface area contributed by atoms with Crippen molar-refractivity contribution in [2.75, 3.05) is 5.32 Å². The van der Waals surface area contributed by atoms with Crippen molar-refractivity contribution in [3.63, 3.8) is 0 Å². The van der Waals surface area contributed by atoms with E-state index in [4.69, 9.17) is 4.74 Å². The van der Waals surface area contributed by atoms with Crippen LogP contribution in [0.3, 0.4) is 0 Å². The molecular weight excluding hydrogens is 427 g/mol. The summed E-state index contributed by atoms with van der Waals surface area (Å²) in [5, 5.41) is 5.89. The molecule has 164 valence electrons. The molecule has 2 aromatic heterocycles. The van der Waals surface area contributed by atoms with Crippen LogP contribution in [0.25, 0.3) is 11.0 Å². The van der Waals surface area contributed by atoms with Crippen molar-refractivity contribution in [3.05, 3.63) is 71.4 Å². The Morgan fingerprint density at radius 2 is 1.75 bits per heavy atom. The van der Waals surface area contributed by atoms with Gasteiger partial charge in [0.1, 0.15) is 23.8 Å². The lowest BCUT2D eigenvalue weighted by Crippen LogP contribution is -2.17. The molecule has 0 fully saturated rings. The Bertz CT molecular complexity index is 1260. The van der Waals surface area contributed by atoms with E-state index in [1.54, 1.807) is 35.9 Å². The number of nitrogens with one attached hydrogen (secondary N) is 1. The summed E-state index contributed by atoms with van der Waals surface area (Å²) in [6.07, 6.45) is -3.21. The van der Waals surface area contributed by atoms with Crippen molar-refractivity contribution in [1.82, 2.24) is 14.5 Å². The molecule has 0 aliphatic heterocycles. The summed E-state index contributed by atoms with van der Waals surface area (Å²) in [5.41, 5.74) is 2.50. The average molecular weight is 443 g/mol. The number of aromatic nitrogens is 3. The Morgan fingerprint density at radius 3 is 2.47 bits per heavy atom. The molecule has 4 rings (SSSR count). The number of nitrogens with zero attached hydrogens (tertiary/aromatic N) is 4. The summed E-state index contributed by atoms with van der Waals surface area (Å²) in [5.74, 6) is 1.23. The Hall–Kier alpha value is -4.15. The second-order valence-corrected chi connectivity index (χ2v) is 6.71. The first kappa shape index (κ1) is 21.1. The van der Waals surface area contributed by atoms with Gasteiger partial charge < -0.3 is 19.4 Å². The topological polar surface area (TPSA) is 90.6 Å². The van der Waals surface area contributed by atoms with Crippen LogP contribution in [0, 0.1) is 4.91 Å². The summed E-state index contributed by atoms with van der Waals surface area (Å²) in [6.45, 7) is -0.0468. The first-order chi connectivity index (χ1) is 15.3. The Morgan fingerprint density at radius 1 is 1.03 bits per heavy atom. The molecule has 0 spiro atoms. The number of aryl methyl sites for hydroxylation is 1. The van der Waals surface area contributed by atoms with Crippen molar-refractivity contribution < 1.29 is 22.6 Å². The fourth-order valence-electron chi connectivity index (χ4n) is 3.03. The van der Waals surface area contributed by atoms with Crippen LogP contribution in [-0.4, -0.2) is 20.9 Å². The van der Waals surface area contributed by atoms with Gasteiger partial charge in [-0.1, -0.05) is 5.18 Å². The molecule has 0 saturated carbocycles. The minimum absolute atomic E-state index is 0.0468. The molecule has 4 aromatic rings. The zero-order chi connectivity index (χ0) is 22.7. The second kappa shape index (κ2) is 8.53. The molecule has 11 heteroatoms. The zero-order valence-electron chi connectivity index (χ0n) is 16.6. The minimum atomic E-state index is -4.74. The second-order valence-electron chi connectivity index (χ2n) is 6.71. The van der Waals surface area contributed by atoms with Crippen LogP contribution in [0.5, 0.6) is 17.2 Å². The summed E-state index contributed by atoms with van der Waals surface area (Å²) in [4.78, 5) is 19.0. The van der Waals surface area contributed by atoms with Gasteiger partial charge in [0.2, 0.25) is 5.95 Å². The van der Waals surface area contributed by atoms with E-state index in [-0.39, 0.29) is 12.3 Å². The molecule has 0 unspecified atom stereocenters. The molecule has 8 nitrogen and oxygen atoms in total. The lowest BCUT2D eigenvalue weighted by Gasteiger charge is -2.10. The van der Waals surface area contributed by atoms with E-state index < -0.39 is 6.36 Å². The van der Waals surface area contributed by atoms with E-state index in [1.165, 1.54) is 30.5 Å². The SMILES string of the molecule is Cn1c(Nc2ccc(OC(F)(F)F)cc2)nc2cc(Oc3ccnc(CN=O)c3)ccc21. The van der Waals surface area contributed by atoms with E-state index in [2.05, 4.69) is 25.2 Å². The van der Waals surface area contributed by atoms with Gasteiger partial charge in [0, 0.05) is 31.1 Å². The molecule has 0 aliphatic rings. The highest BCUT2D eigenvalue weighted by atomic mass is 19.4. The van der Waals surface area contributed by atoms with Crippen LogP contribution in [0.1, 0.15) is 5.69 Å². The highest BCUT2D eigenvalue weighted by molar-refractivity contribution is 5.81. The van der Waals surface area contributed by atoms with E-state index in [0.29, 0.717) is 34.3 Å². The summed E-state index contributed by atoms with van der Waals surface area (Å²) >= 11 is 0. The van der Waals surface area contributed by atoms with Crippen LogP contribution >= 0.6 is 0 Å². The normalized spacial score (nSPS) is 11.4. The van der Waals surface area contributed by atoms with Crippen molar-refractivity contribution >= 4 is 22.7 Å². The van der Waals surface area contributed by atoms with Crippen molar-refractivity contribution in [1.29, 1.82) is 0 Å². The van der Waals surface area contributed by atoms with Crippen LogP contribution in [0.2, 0.25) is 0 Å². The number of benzene rings is 2. The number of ether oxygens (including phenoxy) is 2. The van der Waals surface area contributed by atoms with Crippen molar-refractivity contribution in [2.45, 2.75) is 12.9 Å². The van der Waals surface area contributed by atoms with Crippen LogP contribution in [0.4, 0.5) is 24.8 Å². The van der Waals surface area contributed by atoms with Gasteiger partial charge in [0.15, 0.2) is 0 Å². The van der Waals surface area contributed by atoms with Gasteiger partial charge in [0.25, 0.3) is 0 Å². The number of alkyl halides is 3. The number of nitroso groups, excluding NO2 is 1. The van der Waals surface area contributed by atoms with Crippen molar-refractivity contribution in [3.8, 4) is 17.2 Å². The van der Waals surface area contributed by atoms with E-state index in [0.717, 1.165) is 5.52 Å².